The average molecular weight is 251 g/mol. The van der Waals surface area contributed by atoms with Crippen LogP contribution in [-0.4, -0.2) is 23.0 Å². The van der Waals surface area contributed by atoms with Gasteiger partial charge in [0.15, 0.2) is 5.82 Å². The smallest absolute Gasteiger partial charge is 0.165 e. The normalized spacial score (nSPS) is 10.3. The molecule has 0 radical (unpaired) electrons. The van der Waals surface area contributed by atoms with Crippen molar-refractivity contribution in [2.45, 2.75) is 6.92 Å². The molecule has 5 nitrogen and oxygen atoms in total. The van der Waals surface area contributed by atoms with Crippen molar-refractivity contribution in [2.24, 2.45) is 0 Å². The summed E-state index contributed by atoms with van der Waals surface area (Å²) in [6.45, 7) is 1.93. The minimum Gasteiger partial charge on any atom is -0.496 e. The van der Waals surface area contributed by atoms with Crippen molar-refractivity contribution >= 4 is 17.5 Å². The Morgan fingerprint density at radius 3 is 2.47 bits per heavy atom. The molecule has 1 aromatic heterocycles. The number of hydrogen-bond acceptors (Lipinski definition) is 6. The molecule has 0 unspecified atom stereocenters. The fourth-order valence-electron chi connectivity index (χ4n) is 1.73. The molecule has 0 aliphatic rings. The average Bonchev–Trinajstić information content (AvgIpc) is 2.75. The predicted molar refractivity (Wildman–Crippen MR) is 67.6 cm³/mol. The van der Waals surface area contributed by atoms with Crippen molar-refractivity contribution < 1.29 is 9.47 Å². The molecule has 0 saturated heterocycles. The molecule has 0 aliphatic heterocycles. The van der Waals surface area contributed by atoms with Crippen molar-refractivity contribution in [2.75, 3.05) is 20.0 Å². The number of benzene rings is 1. The van der Waals surface area contributed by atoms with E-state index < -0.39 is 0 Å². The highest BCUT2D eigenvalue weighted by molar-refractivity contribution is 6.99. The summed E-state index contributed by atoms with van der Waals surface area (Å²) in [4.78, 5) is 0. The van der Waals surface area contributed by atoms with E-state index in [1.807, 2.05) is 19.1 Å². The zero-order valence-electron chi connectivity index (χ0n) is 9.85. The highest BCUT2D eigenvalue weighted by atomic mass is 32.1. The second-order valence-electron chi connectivity index (χ2n) is 3.47. The summed E-state index contributed by atoms with van der Waals surface area (Å²) in [5.41, 5.74) is 8.16. The molecule has 0 fully saturated rings. The Labute approximate surface area is 104 Å². The van der Waals surface area contributed by atoms with Crippen molar-refractivity contribution in [1.82, 2.24) is 8.75 Å². The molecule has 0 atom stereocenters. The summed E-state index contributed by atoms with van der Waals surface area (Å²) in [7, 11) is 3.24. The SMILES string of the molecule is COc1ccc(-c2nsnc2N)c(OC)c1C. The maximum absolute atomic E-state index is 5.77. The van der Waals surface area contributed by atoms with Gasteiger partial charge in [-0.25, -0.2) is 0 Å². The fraction of sp³-hybridized carbons (Fsp3) is 0.273. The molecule has 0 amide bonds. The Morgan fingerprint density at radius 2 is 1.94 bits per heavy atom. The van der Waals surface area contributed by atoms with Crippen LogP contribution in [0.3, 0.4) is 0 Å². The van der Waals surface area contributed by atoms with Crippen LogP contribution < -0.4 is 15.2 Å². The third-order valence-corrected chi connectivity index (χ3v) is 3.09. The number of nitrogen functional groups attached to an aromatic ring is 1. The van der Waals surface area contributed by atoms with Gasteiger partial charge in [-0.05, 0) is 19.1 Å². The molecule has 2 N–H and O–H groups in total. The van der Waals surface area contributed by atoms with Crippen LogP contribution >= 0.6 is 11.7 Å². The minimum absolute atomic E-state index is 0.415. The Bertz CT molecular complexity index is 540. The summed E-state index contributed by atoms with van der Waals surface area (Å²) >= 11 is 1.08. The Hall–Kier alpha value is -1.82. The second-order valence-corrected chi connectivity index (χ2v) is 4.00. The minimum atomic E-state index is 0.415. The van der Waals surface area contributed by atoms with Gasteiger partial charge in [0.1, 0.15) is 17.2 Å². The highest BCUT2D eigenvalue weighted by Gasteiger charge is 2.17. The van der Waals surface area contributed by atoms with Crippen LogP contribution in [0.2, 0.25) is 0 Å². The third-order valence-electron chi connectivity index (χ3n) is 2.55. The topological polar surface area (TPSA) is 70.3 Å². The molecule has 0 bridgehead atoms. The number of hydrogen-bond donors (Lipinski definition) is 1. The lowest BCUT2D eigenvalue weighted by Crippen LogP contribution is -1.97. The molecule has 2 rings (SSSR count). The van der Waals surface area contributed by atoms with Crippen LogP contribution in [0, 0.1) is 6.92 Å². The van der Waals surface area contributed by atoms with E-state index in [9.17, 15) is 0 Å². The van der Waals surface area contributed by atoms with E-state index in [0.717, 1.165) is 28.6 Å². The van der Waals surface area contributed by atoms with Gasteiger partial charge in [-0.3, -0.25) is 0 Å². The number of nitrogens with zero attached hydrogens (tertiary/aromatic N) is 2. The number of aromatic nitrogens is 2. The molecular weight excluding hydrogens is 238 g/mol. The first-order valence-electron chi connectivity index (χ1n) is 4.99. The van der Waals surface area contributed by atoms with Crippen molar-refractivity contribution in [3.63, 3.8) is 0 Å². The van der Waals surface area contributed by atoms with Crippen molar-refractivity contribution in [3.8, 4) is 22.8 Å². The van der Waals surface area contributed by atoms with Gasteiger partial charge in [-0.1, -0.05) is 0 Å². The van der Waals surface area contributed by atoms with Crippen molar-refractivity contribution in [1.29, 1.82) is 0 Å². The summed E-state index contributed by atoms with van der Waals surface area (Å²) in [6, 6.07) is 3.74. The van der Waals surface area contributed by atoms with E-state index in [4.69, 9.17) is 15.2 Å². The van der Waals surface area contributed by atoms with Crippen LogP contribution in [0.5, 0.6) is 11.5 Å². The summed E-state index contributed by atoms with van der Waals surface area (Å²) in [5.74, 6) is 1.90. The van der Waals surface area contributed by atoms with E-state index in [0.29, 0.717) is 17.3 Å². The summed E-state index contributed by atoms with van der Waals surface area (Å²) in [5, 5.41) is 0. The first kappa shape index (κ1) is 11.7. The van der Waals surface area contributed by atoms with Crippen LogP contribution in [0.25, 0.3) is 11.3 Å². The number of nitrogens with two attached hydrogens (primary N) is 1. The van der Waals surface area contributed by atoms with Crippen LogP contribution in [0.1, 0.15) is 5.56 Å². The Kier molecular flexibility index (Phi) is 3.14. The molecule has 0 spiro atoms. The maximum Gasteiger partial charge on any atom is 0.165 e. The third kappa shape index (κ3) is 1.91. The quantitative estimate of drug-likeness (QED) is 0.904. The first-order valence-corrected chi connectivity index (χ1v) is 5.72. The van der Waals surface area contributed by atoms with E-state index in [-0.39, 0.29) is 0 Å². The molecule has 0 aliphatic carbocycles. The van der Waals surface area contributed by atoms with Gasteiger partial charge < -0.3 is 15.2 Å². The monoisotopic (exact) mass is 251 g/mol. The number of anilines is 1. The van der Waals surface area contributed by atoms with Crippen LogP contribution in [0.15, 0.2) is 12.1 Å². The molecule has 1 aromatic carbocycles. The van der Waals surface area contributed by atoms with Gasteiger partial charge in [0.2, 0.25) is 0 Å². The lowest BCUT2D eigenvalue weighted by molar-refractivity contribution is 0.390. The zero-order valence-corrected chi connectivity index (χ0v) is 10.7. The van der Waals surface area contributed by atoms with Gasteiger partial charge in [-0.2, -0.15) is 8.75 Å². The van der Waals surface area contributed by atoms with E-state index in [2.05, 4.69) is 8.75 Å². The van der Waals surface area contributed by atoms with Gasteiger partial charge in [0.05, 0.1) is 25.9 Å². The molecule has 0 saturated carbocycles. The highest BCUT2D eigenvalue weighted by Crippen LogP contribution is 2.38. The standard InChI is InChI=1S/C11H13N3O2S/c1-6-8(15-2)5-4-7(10(6)16-3)9-11(12)14-17-13-9/h4-5H,1-3H3,(H2,12,14). The number of rotatable bonds is 3. The van der Waals surface area contributed by atoms with E-state index in [1.165, 1.54) is 0 Å². The maximum atomic E-state index is 5.77. The zero-order chi connectivity index (χ0) is 12.4. The molecule has 2 aromatic rings. The van der Waals surface area contributed by atoms with Gasteiger partial charge in [0, 0.05) is 11.1 Å². The van der Waals surface area contributed by atoms with Crippen molar-refractivity contribution in [3.05, 3.63) is 17.7 Å². The Morgan fingerprint density at radius 1 is 1.18 bits per heavy atom. The summed E-state index contributed by atoms with van der Waals surface area (Å²) < 4.78 is 18.8. The van der Waals surface area contributed by atoms with Gasteiger partial charge in [0.25, 0.3) is 0 Å². The lowest BCUT2D eigenvalue weighted by atomic mass is 10.1. The fourth-order valence-corrected chi connectivity index (χ4v) is 2.22. The van der Waals surface area contributed by atoms with Gasteiger partial charge in [-0.15, -0.1) is 0 Å². The first-order chi connectivity index (χ1) is 8.19. The van der Waals surface area contributed by atoms with Gasteiger partial charge >= 0.3 is 0 Å². The number of ether oxygens (including phenoxy) is 2. The molecular formula is C11H13N3O2S. The largest absolute Gasteiger partial charge is 0.496 e. The van der Waals surface area contributed by atoms with Crippen LogP contribution in [-0.2, 0) is 0 Å². The van der Waals surface area contributed by atoms with E-state index >= 15 is 0 Å². The predicted octanol–water partition coefficient (Wildman–Crippen LogP) is 2.11. The summed E-state index contributed by atoms with van der Waals surface area (Å²) in [6.07, 6.45) is 0. The molecule has 90 valence electrons. The molecule has 6 heteroatoms. The molecule has 1 heterocycles. The number of methoxy groups -OCH3 is 2. The van der Waals surface area contributed by atoms with Crippen LogP contribution in [0.4, 0.5) is 5.82 Å². The van der Waals surface area contributed by atoms with E-state index in [1.54, 1.807) is 14.2 Å². The molecule has 17 heavy (non-hydrogen) atoms. The Balaban J connectivity index is 2.63. The second kappa shape index (κ2) is 4.58. The lowest BCUT2D eigenvalue weighted by Gasteiger charge is -2.13.